The molecule has 0 aliphatic rings. The van der Waals surface area contributed by atoms with Gasteiger partial charge in [-0.3, -0.25) is 0 Å². The van der Waals surface area contributed by atoms with Crippen molar-refractivity contribution in [1.29, 1.82) is 0 Å². The van der Waals surface area contributed by atoms with Gasteiger partial charge in [0.05, 0.1) is 0 Å². The number of hydrogen-bond acceptors (Lipinski definition) is 4. The predicted octanol–water partition coefficient (Wildman–Crippen LogP) is 4.00. The topological polar surface area (TPSA) is 49.8 Å². The average molecular weight is 277 g/mol. The van der Waals surface area contributed by atoms with Crippen LogP contribution in [-0.4, -0.2) is 16.5 Å². The van der Waals surface area contributed by atoms with E-state index in [1.54, 1.807) is 0 Å². The molecule has 1 aromatic heterocycles. The van der Waals surface area contributed by atoms with Crippen LogP contribution in [0.1, 0.15) is 19.2 Å². The van der Waals surface area contributed by atoms with E-state index in [0.29, 0.717) is 0 Å². The molecule has 0 spiro atoms. The van der Waals surface area contributed by atoms with E-state index in [1.165, 1.54) is 0 Å². The summed E-state index contributed by atoms with van der Waals surface area (Å²) in [5, 5.41) is 7.21. The first kappa shape index (κ1) is 13.6. The van der Waals surface area contributed by atoms with E-state index in [2.05, 4.69) is 27.5 Å². The number of benzene rings is 1. The van der Waals surface area contributed by atoms with Crippen LogP contribution in [0.2, 0.25) is 5.02 Å². The lowest BCUT2D eigenvalue weighted by atomic mass is 10.3. The van der Waals surface area contributed by atoms with Gasteiger partial charge >= 0.3 is 0 Å². The zero-order valence-corrected chi connectivity index (χ0v) is 11.8. The van der Waals surface area contributed by atoms with Gasteiger partial charge in [0, 0.05) is 23.3 Å². The minimum atomic E-state index is 0.717. The van der Waals surface area contributed by atoms with Gasteiger partial charge in [-0.15, -0.1) is 0 Å². The van der Waals surface area contributed by atoms with E-state index in [-0.39, 0.29) is 0 Å². The Balaban J connectivity index is 2.15. The van der Waals surface area contributed by atoms with Crippen LogP contribution in [0, 0.1) is 6.92 Å². The predicted molar refractivity (Wildman–Crippen MR) is 80.3 cm³/mol. The smallest absolute Gasteiger partial charge is 0.136 e. The van der Waals surface area contributed by atoms with Gasteiger partial charge in [-0.2, -0.15) is 0 Å². The van der Waals surface area contributed by atoms with Crippen molar-refractivity contribution in [1.82, 2.24) is 9.97 Å². The first-order valence-electron chi connectivity index (χ1n) is 6.29. The summed E-state index contributed by atoms with van der Waals surface area (Å²) in [5.41, 5.74) is 0.948. The summed E-state index contributed by atoms with van der Waals surface area (Å²) < 4.78 is 0. The summed E-state index contributed by atoms with van der Waals surface area (Å²) in [6.07, 6.45) is 1.06. The van der Waals surface area contributed by atoms with Crippen LogP contribution in [0.3, 0.4) is 0 Å². The molecule has 1 heterocycles. The molecular formula is C14H17ClN4. The van der Waals surface area contributed by atoms with Crippen molar-refractivity contribution in [3.63, 3.8) is 0 Å². The van der Waals surface area contributed by atoms with Gasteiger partial charge in [0.15, 0.2) is 0 Å². The molecule has 1 aromatic carbocycles. The third-order valence-corrected chi connectivity index (χ3v) is 2.76. The van der Waals surface area contributed by atoms with E-state index in [1.807, 2.05) is 37.3 Å². The molecule has 0 saturated heterocycles. The molecule has 0 radical (unpaired) electrons. The molecule has 4 nitrogen and oxygen atoms in total. The van der Waals surface area contributed by atoms with Gasteiger partial charge in [-0.1, -0.05) is 18.5 Å². The molecule has 0 atom stereocenters. The second-order valence-corrected chi connectivity index (χ2v) is 4.68. The summed E-state index contributed by atoms with van der Waals surface area (Å²) in [6, 6.07) is 9.41. The first-order valence-corrected chi connectivity index (χ1v) is 6.67. The Kier molecular flexibility index (Phi) is 4.58. The molecular weight excluding hydrogens is 260 g/mol. The Bertz CT molecular complexity index is 540. The lowest BCUT2D eigenvalue weighted by Crippen LogP contribution is -2.05. The minimum absolute atomic E-state index is 0.717. The summed E-state index contributed by atoms with van der Waals surface area (Å²) in [5.74, 6) is 2.34. The summed E-state index contributed by atoms with van der Waals surface area (Å²) in [7, 11) is 0. The van der Waals surface area contributed by atoms with E-state index >= 15 is 0 Å². The van der Waals surface area contributed by atoms with E-state index in [4.69, 9.17) is 11.6 Å². The van der Waals surface area contributed by atoms with Crippen LogP contribution in [-0.2, 0) is 0 Å². The zero-order valence-electron chi connectivity index (χ0n) is 11.1. The van der Waals surface area contributed by atoms with Crippen molar-refractivity contribution in [2.24, 2.45) is 0 Å². The number of aryl methyl sites for hydroxylation is 1. The Labute approximate surface area is 118 Å². The normalized spacial score (nSPS) is 10.3. The Hall–Kier alpha value is -1.81. The third kappa shape index (κ3) is 4.10. The quantitative estimate of drug-likeness (QED) is 0.866. The van der Waals surface area contributed by atoms with Gasteiger partial charge in [-0.25, -0.2) is 9.97 Å². The average Bonchev–Trinajstić information content (AvgIpc) is 2.38. The highest BCUT2D eigenvalue weighted by Gasteiger charge is 2.02. The maximum atomic E-state index is 5.86. The standard InChI is InChI=1S/C14H17ClN4/c1-3-8-16-13-9-14(18-10(2)17-13)19-12-6-4-11(15)5-7-12/h4-7,9H,3,8H2,1-2H3,(H2,16,17,18,19). The van der Waals surface area contributed by atoms with E-state index in [9.17, 15) is 0 Å². The van der Waals surface area contributed by atoms with Crippen molar-refractivity contribution in [3.05, 3.63) is 41.2 Å². The SMILES string of the molecule is CCCNc1cc(Nc2ccc(Cl)cc2)nc(C)n1. The highest BCUT2D eigenvalue weighted by Crippen LogP contribution is 2.19. The summed E-state index contributed by atoms with van der Waals surface area (Å²) in [6.45, 7) is 4.90. The summed E-state index contributed by atoms with van der Waals surface area (Å²) >= 11 is 5.86. The number of aromatic nitrogens is 2. The number of rotatable bonds is 5. The molecule has 0 unspecified atom stereocenters. The van der Waals surface area contributed by atoms with Crippen LogP contribution in [0.4, 0.5) is 17.3 Å². The molecule has 100 valence electrons. The van der Waals surface area contributed by atoms with Crippen LogP contribution in [0.25, 0.3) is 0 Å². The third-order valence-electron chi connectivity index (χ3n) is 2.51. The molecule has 0 saturated carbocycles. The highest BCUT2D eigenvalue weighted by atomic mass is 35.5. The van der Waals surface area contributed by atoms with Crippen molar-refractivity contribution in [3.8, 4) is 0 Å². The number of halogens is 1. The fourth-order valence-corrected chi connectivity index (χ4v) is 1.78. The minimum Gasteiger partial charge on any atom is -0.370 e. The molecule has 0 fully saturated rings. The van der Waals surface area contributed by atoms with Crippen LogP contribution in [0.5, 0.6) is 0 Å². The molecule has 0 amide bonds. The molecule has 0 aliphatic heterocycles. The molecule has 0 aliphatic carbocycles. The van der Waals surface area contributed by atoms with Gasteiger partial charge in [-0.05, 0) is 37.6 Å². The lowest BCUT2D eigenvalue weighted by molar-refractivity contribution is 0.955. The highest BCUT2D eigenvalue weighted by molar-refractivity contribution is 6.30. The fraction of sp³-hybridized carbons (Fsp3) is 0.286. The molecule has 19 heavy (non-hydrogen) atoms. The van der Waals surface area contributed by atoms with Crippen LogP contribution >= 0.6 is 11.6 Å². The number of hydrogen-bond donors (Lipinski definition) is 2. The molecule has 2 N–H and O–H groups in total. The van der Waals surface area contributed by atoms with Crippen molar-refractivity contribution >= 4 is 28.9 Å². The lowest BCUT2D eigenvalue weighted by Gasteiger charge is -2.09. The largest absolute Gasteiger partial charge is 0.370 e. The second kappa shape index (κ2) is 6.38. The Morgan fingerprint density at radius 2 is 1.79 bits per heavy atom. The molecule has 2 rings (SSSR count). The van der Waals surface area contributed by atoms with Crippen molar-refractivity contribution in [2.75, 3.05) is 17.2 Å². The van der Waals surface area contributed by atoms with Gasteiger partial charge < -0.3 is 10.6 Å². The second-order valence-electron chi connectivity index (χ2n) is 4.24. The molecule has 5 heteroatoms. The Morgan fingerprint density at radius 3 is 2.47 bits per heavy atom. The number of anilines is 3. The number of nitrogens with one attached hydrogen (secondary N) is 2. The Morgan fingerprint density at radius 1 is 1.11 bits per heavy atom. The maximum absolute atomic E-state index is 5.86. The van der Waals surface area contributed by atoms with Crippen LogP contribution in [0.15, 0.2) is 30.3 Å². The summed E-state index contributed by atoms with van der Waals surface area (Å²) in [4.78, 5) is 8.71. The first-order chi connectivity index (χ1) is 9.17. The van der Waals surface area contributed by atoms with Gasteiger partial charge in [0.25, 0.3) is 0 Å². The molecule has 0 bridgehead atoms. The fourth-order valence-electron chi connectivity index (χ4n) is 1.66. The van der Waals surface area contributed by atoms with Crippen LogP contribution < -0.4 is 10.6 Å². The van der Waals surface area contributed by atoms with E-state index < -0.39 is 0 Å². The van der Waals surface area contributed by atoms with Gasteiger partial charge in [0.2, 0.25) is 0 Å². The van der Waals surface area contributed by atoms with Crippen molar-refractivity contribution in [2.45, 2.75) is 20.3 Å². The van der Waals surface area contributed by atoms with E-state index in [0.717, 1.165) is 41.1 Å². The van der Waals surface area contributed by atoms with Gasteiger partial charge in [0.1, 0.15) is 17.5 Å². The maximum Gasteiger partial charge on any atom is 0.136 e. The monoisotopic (exact) mass is 276 g/mol. The zero-order chi connectivity index (χ0) is 13.7. The molecule has 2 aromatic rings. The number of nitrogens with zero attached hydrogens (tertiary/aromatic N) is 2. The van der Waals surface area contributed by atoms with Crippen molar-refractivity contribution < 1.29 is 0 Å².